The molecule has 1 aliphatic rings. The van der Waals surface area contributed by atoms with E-state index in [1.54, 1.807) is 0 Å². The normalized spacial score (nSPS) is 18.5. The van der Waals surface area contributed by atoms with Crippen molar-refractivity contribution < 1.29 is 4.79 Å². The summed E-state index contributed by atoms with van der Waals surface area (Å²) in [5.41, 5.74) is 0. The summed E-state index contributed by atoms with van der Waals surface area (Å²) in [4.78, 5) is 13.8. The van der Waals surface area contributed by atoms with Gasteiger partial charge in [-0.25, -0.2) is 0 Å². The summed E-state index contributed by atoms with van der Waals surface area (Å²) in [5, 5.41) is 3.31. The maximum atomic E-state index is 11.8. The average Bonchev–Trinajstić information content (AvgIpc) is 2.34. The highest BCUT2D eigenvalue weighted by Gasteiger charge is 2.16. The summed E-state index contributed by atoms with van der Waals surface area (Å²) in [5.74, 6) is 1.43. The first-order chi connectivity index (χ1) is 7.74. The number of likely N-dealkylation sites (tertiary alicyclic amines) is 1. The second kappa shape index (κ2) is 7.96. The lowest BCUT2D eigenvalue weighted by Gasteiger charge is -2.27. The Hall–Kier alpha value is -0.220. The van der Waals surface area contributed by atoms with Crippen LogP contribution >= 0.6 is 11.8 Å². The molecular weight excluding hydrogens is 220 g/mol. The molecule has 1 N–H and O–H groups in total. The van der Waals surface area contributed by atoms with Crippen LogP contribution in [0, 0.1) is 0 Å². The van der Waals surface area contributed by atoms with Crippen LogP contribution in [0.5, 0.6) is 0 Å². The van der Waals surface area contributed by atoms with Crippen LogP contribution in [0.1, 0.15) is 32.6 Å². The highest BCUT2D eigenvalue weighted by molar-refractivity contribution is 7.98. The van der Waals surface area contributed by atoms with Gasteiger partial charge in [-0.15, -0.1) is 0 Å². The number of nitrogens with one attached hydrogen (secondary N) is 1. The van der Waals surface area contributed by atoms with Gasteiger partial charge in [-0.3, -0.25) is 4.79 Å². The molecule has 1 unspecified atom stereocenters. The van der Waals surface area contributed by atoms with Crippen molar-refractivity contribution in [3.8, 4) is 0 Å². The molecule has 1 atom stereocenters. The van der Waals surface area contributed by atoms with Gasteiger partial charge in [0.25, 0.3) is 0 Å². The molecule has 0 saturated carbocycles. The van der Waals surface area contributed by atoms with E-state index in [2.05, 4.69) is 18.5 Å². The largest absolute Gasteiger partial charge is 0.342 e. The van der Waals surface area contributed by atoms with Crippen LogP contribution in [0.25, 0.3) is 0 Å². The average molecular weight is 244 g/mol. The number of carbonyl (C=O) groups is 1. The number of carbonyl (C=O) groups excluding carboxylic acids is 1. The lowest BCUT2D eigenvalue weighted by molar-refractivity contribution is -0.131. The molecule has 1 saturated heterocycles. The molecule has 3 nitrogen and oxygen atoms in total. The smallest absolute Gasteiger partial charge is 0.236 e. The third kappa shape index (κ3) is 5.21. The number of hydrogen-bond donors (Lipinski definition) is 1. The van der Waals surface area contributed by atoms with Gasteiger partial charge in [-0.1, -0.05) is 0 Å². The Morgan fingerprint density at radius 3 is 2.69 bits per heavy atom. The molecule has 0 aliphatic carbocycles. The molecule has 0 aromatic carbocycles. The van der Waals surface area contributed by atoms with Gasteiger partial charge in [0.2, 0.25) is 5.91 Å². The molecule has 0 spiro atoms. The predicted octanol–water partition coefficient (Wildman–Crippen LogP) is 1.73. The number of piperidine rings is 1. The fourth-order valence-electron chi connectivity index (χ4n) is 1.91. The first-order valence-electron chi connectivity index (χ1n) is 6.24. The molecule has 1 amide bonds. The molecule has 0 aromatic heterocycles. The molecule has 0 aromatic rings. The number of nitrogens with zero attached hydrogens (tertiary/aromatic N) is 1. The highest BCUT2D eigenvalue weighted by atomic mass is 32.2. The summed E-state index contributed by atoms with van der Waals surface area (Å²) < 4.78 is 0. The van der Waals surface area contributed by atoms with Gasteiger partial charge in [-0.05, 0) is 44.6 Å². The number of thioether (sulfide) groups is 1. The van der Waals surface area contributed by atoms with Crippen LogP contribution in [0.4, 0.5) is 0 Å². The van der Waals surface area contributed by atoms with E-state index in [0.29, 0.717) is 12.6 Å². The number of rotatable bonds is 6. The molecule has 1 heterocycles. The maximum Gasteiger partial charge on any atom is 0.236 e. The van der Waals surface area contributed by atoms with Gasteiger partial charge in [0.05, 0.1) is 6.54 Å². The van der Waals surface area contributed by atoms with Gasteiger partial charge < -0.3 is 10.2 Å². The van der Waals surface area contributed by atoms with E-state index in [4.69, 9.17) is 0 Å². The first-order valence-corrected chi connectivity index (χ1v) is 7.63. The predicted molar refractivity (Wildman–Crippen MR) is 70.9 cm³/mol. The molecule has 1 aliphatic heterocycles. The van der Waals surface area contributed by atoms with E-state index < -0.39 is 0 Å². The first kappa shape index (κ1) is 13.8. The monoisotopic (exact) mass is 244 g/mol. The van der Waals surface area contributed by atoms with E-state index in [9.17, 15) is 4.79 Å². The zero-order valence-corrected chi connectivity index (χ0v) is 11.3. The van der Waals surface area contributed by atoms with Crippen molar-refractivity contribution in [2.75, 3.05) is 31.6 Å². The van der Waals surface area contributed by atoms with Gasteiger partial charge >= 0.3 is 0 Å². The van der Waals surface area contributed by atoms with E-state index in [0.717, 1.165) is 25.3 Å². The summed E-state index contributed by atoms with van der Waals surface area (Å²) in [7, 11) is 0. The van der Waals surface area contributed by atoms with Crippen LogP contribution in [-0.2, 0) is 4.79 Å². The van der Waals surface area contributed by atoms with Crippen molar-refractivity contribution >= 4 is 17.7 Å². The molecule has 16 heavy (non-hydrogen) atoms. The summed E-state index contributed by atoms with van der Waals surface area (Å²) in [6.07, 6.45) is 6.88. The van der Waals surface area contributed by atoms with Crippen molar-refractivity contribution in [2.24, 2.45) is 0 Å². The number of amides is 1. The molecule has 1 fully saturated rings. The lowest BCUT2D eigenvalue weighted by atomic mass is 10.1. The Bertz CT molecular complexity index is 205. The molecule has 94 valence electrons. The van der Waals surface area contributed by atoms with E-state index in [-0.39, 0.29) is 5.91 Å². The Labute approximate surface area is 103 Å². The molecular formula is C12H24N2OS. The van der Waals surface area contributed by atoms with Gasteiger partial charge in [0.15, 0.2) is 0 Å². The lowest BCUT2D eigenvalue weighted by Crippen LogP contribution is -2.43. The quantitative estimate of drug-likeness (QED) is 0.772. The van der Waals surface area contributed by atoms with Crippen molar-refractivity contribution in [1.82, 2.24) is 10.2 Å². The fraction of sp³-hybridized carbons (Fsp3) is 0.917. The Morgan fingerprint density at radius 1 is 1.38 bits per heavy atom. The molecule has 0 bridgehead atoms. The van der Waals surface area contributed by atoms with Crippen molar-refractivity contribution in [3.63, 3.8) is 0 Å². The molecule has 1 rings (SSSR count). The molecule has 0 radical (unpaired) electrons. The minimum atomic E-state index is 0.274. The fourth-order valence-corrected chi connectivity index (χ4v) is 2.50. The van der Waals surface area contributed by atoms with Crippen LogP contribution in [0.2, 0.25) is 0 Å². The second-order valence-electron chi connectivity index (χ2n) is 4.50. The van der Waals surface area contributed by atoms with Crippen LogP contribution in [-0.4, -0.2) is 48.5 Å². The van der Waals surface area contributed by atoms with Gasteiger partial charge in [0.1, 0.15) is 0 Å². The van der Waals surface area contributed by atoms with Crippen LogP contribution < -0.4 is 5.32 Å². The van der Waals surface area contributed by atoms with E-state index >= 15 is 0 Å². The standard InChI is InChI=1S/C12H24N2OS/c1-11(6-9-16-2)13-10-12(15)14-7-4-3-5-8-14/h11,13H,3-10H2,1-2H3. The Balaban J connectivity index is 2.13. The topological polar surface area (TPSA) is 32.3 Å². The Morgan fingerprint density at radius 2 is 2.06 bits per heavy atom. The van der Waals surface area contributed by atoms with Crippen molar-refractivity contribution in [3.05, 3.63) is 0 Å². The summed E-state index contributed by atoms with van der Waals surface area (Å²) in [6, 6.07) is 0.446. The SMILES string of the molecule is CSCCC(C)NCC(=O)N1CCCCC1. The van der Waals surface area contributed by atoms with Gasteiger partial charge in [0, 0.05) is 19.1 Å². The third-order valence-electron chi connectivity index (χ3n) is 3.07. The minimum Gasteiger partial charge on any atom is -0.342 e. The zero-order valence-electron chi connectivity index (χ0n) is 10.5. The van der Waals surface area contributed by atoms with Crippen LogP contribution in [0.15, 0.2) is 0 Å². The molecule has 4 heteroatoms. The summed E-state index contributed by atoms with van der Waals surface area (Å²) >= 11 is 1.86. The highest BCUT2D eigenvalue weighted by Crippen LogP contribution is 2.08. The second-order valence-corrected chi connectivity index (χ2v) is 5.49. The van der Waals surface area contributed by atoms with E-state index in [1.807, 2.05) is 16.7 Å². The Kier molecular flexibility index (Phi) is 6.88. The van der Waals surface area contributed by atoms with Crippen molar-refractivity contribution in [1.29, 1.82) is 0 Å². The van der Waals surface area contributed by atoms with Crippen molar-refractivity contribution in [2.45, 2.75) is 38.6 Å². The van der Waals surface area contributed by atoms with Crippen LogP contribution in [0.3, 0.4) is 0 Å². The summed E-state index contributed by atoms with van der Waals surface area (Å²) in [6.45, 7) is 4.58. The maximum absolute atomic E-state index is 11.8. The third-order valence-corrected chi connectivity index (χ3v) is 3.71. The van der Waals surface area contributed by atoms with Gasteiger partial charge in [-0.2, -0.15) is 11.8 Å². The number of hydrogen-bond acceptors (Lipinski definition) is 3. The van der Waals surface area contributed by atoms with E-state index in [1.165, 1.54) is 19.3 Å². The minimum absolute atomic E-state index is 0.274. The zero-order chi connectivity index (χ0) is 11.8.